The first-order valence-corrected chi connectivity index (χ1v) is 7.15. The highest BCUT2D eigenvalue weighted by Crippen LogP contribution is 2.15. The first-order valence-electron chi connectivity index (χ1n) is 7.15. The summed E-state index contributed by atoms with van der Waals surface area (Å²) in [4.78, 5) is 35.0. The molecule has 0 radical (unpaired) electrons. The van der Waals surface area contributed by atoms with E-state index in [2.05, 4.69) is 4.74 Å². The predicted molar refractivity (Wildman–Crippen MR) is 81.6 cm³/mol. The van der Waals surface area contributed by atoms with Gasteiger partial charge in [0.15, 0.2) is 12.4 Å². The van der Waals surface area contributed by atoms with Crippen molar-refractivity contribution in [2.24, 2.45) is 0 Å². The first-order chi connectivity index (χ1) is 11.6. The summed E-state index contributed by atoms with van der Waals surface area (Å²) in [5.41, 5.74) is 0.794. The van der Waals surface area contributed by atoms with E-state index < -0.39 is 17.9 Å². The van der Waals surface area contributed by atoms with Gasteiger partial charge in [-0.25, -0.2) is 14.4 Å². The maximum atomic E-state index is 12.0. The Morgan fingerprint density at radius 2 is 1.54 bits per heavy atom. The molecule has 7 nitrogen and oxygen atoms in total. The second-order valence-corrected chi connectivity index (χ2v) is 4.62. The van der Waals surface area contributed by atoms with Crippen molar-refractivity contribution >= 4 is 17.9 Å². The molecule has 0 unspecified atom stereocenters. The predicted octanol–water partition coefficient (Wildman–Crippen LogP) is 2.60. The molecule has 0 aliphatic heterocycles. The van der Waals surface area contributed by atoms with Crippen molar-refractivity contribution in [3.8, 4) is 0 Å². The van der Waals surface area contributed by atoms with Crippen LogP contribution in [0.1, 0.15) is 43.8 Å². The summed E-state index contributed by atoms with van der Waals surface area (Å²) in [6, 6.07) is 7.26. The van der Waals surface area contributed by atoms with Crippen LogP contribution in [0.15, 0.2) is 41.0 Å². The van der Waals surface area contributed by atoms with Crippen LogP contribution in [0.2, 0.25) is 0 Å². The molecule has 1 aromatic heterocycles. The van der Waals surface area contributed by atoms with Gasteiger partial charge in [-0.1, -0.05) is 0 Å². The zero-order valence-corrected chi connectivity index (χ0v) is 13.2. The van der Waals surface area contributed by atoms with Gasteiger partial charge in [0, 0.05) is 0 Å². The van der Waals surface area contributed by atoms with E-state index in [0.717, 1.165) is 0 Å². The van der Waals surface area contributed by atoms with Crippen LogP contribution in [0.25, 0.3) is 0 Å². The summed E-state index contributed by atoms with van der Waals surface area (Å²) < 4.78 is 19.7. The molecule has 126 valence electrons. The summed E-state index contributed by atoms with van der Waals surface area (Å²) >= 11 is 0. The van der Waals surface area contributed by atoms with E-state index in [1.54, 1.807) is 6.92 Å². The van der Waals surface area contributed by atoms with Crippen LogP contribution in [-0.4, -0.2) is 31.6 Å². The van der Waals surface area contributed by atoms with Crippen LogP contribution < -0.4 is 0 Å². The van der Waals surface area contributed by atoms with Crippen molar-refractivity contribution in [2.75, 3.05) is 13.7 Å². The SMILES string of the molecule is CCOC(=O)c1ccoc1COC(=O)c1ccc(C(=O)OC)cc1. The molecule has 2 aromatic rings. The van der Waals surface area contributed by atoms with Crippen molar-refractivity contribution in [3.05, 3.63) is 59.0 Å². The minimum Gasteiger partial charge on any atom is -0.465 e. The third-order valence-electron chi connectivity index (χ3n) is 3.12. The smallest absolute Gasteiger partial charge is 0.341 e. The number of hydrogen-bond donors (Lipinski definition) is 0. The monoisotopic (exact) mass is 332 g/mol. The number of furan rings is 1. The molecule has 0 saturated heterocycles. The molecule has 0 bridgehead atoms. The van der Waals surface area contributed by atoms with Crippen LogP contribution in [0, 0.1) is 0 Å². The van der Waals surface area contributed by atoms with Gasteiger partial charge in [-0.2, -0.15) is 0 Å². The fourth-order valence-electron chi connectivity index (χ4n) is 1.92. The Bertz CT molecular complexity index is 728. The topological polar surface area (TPSA) is 92.0 Å². The number of esters is 3. The molecule has 0 aliphatic carbocycles. The van der Waals surface area contributed by atoms with Gasteiger partial charge in [0.1, 0.15) is 5.56 Å². The summed E-state index contributed by atoms with van der Waals surface area (Å²) in [6.07, 6.45) is 1.32. The molecular weight excluding hydrogens is 316 g/mol. The Balaban J connectivity index is 2.00. The number of carbonyl (C=O) groups is 3. The molecule has 24 heavy (non-hydrogen) atoms. The molecule has 0 saturated carbocycles. The normalized spacial score (nSPS) is 10.1. The van der Waals surface area contributed by atoms with Crippen molar-refractivity contribution in [1.29, 1.82) is 0 Å². The molecule has 0 aliphatic rings. The molecule has 1 aromatic carbocycles. The van der Waals surface area contributed by atoms with E-state index in [0.29, 0.717) is 5.56 Å². The first kappa shape index (κ1) is 17.3. The number of ether oxygens (including phenoxy) is 3. The number of hydrogen-bond acceptors (Lipinski definition) is 7. The van der Waals surface area contributed by atoms with Gasteiger partial charge >= 0.3 is 17.9 Å². The average molecular weight is 332 g/mol. The quantitative estimate of drug-likeness (QED) is 0.593. The van der Waals surface area contributed by atoms with E-state index in [1.807, 2.05) is 0 Å². The molecule has 0 spiro atoms. The van der Waals surface area contributed by atoms with Gasteiger partial charge in [0.2, 0.25) is 0 Å². The Kier molecular flexibility index (Phi) is 5.73. The lowest BCUT2D eigenvalue weighted by Crippen LogP contribution is -2.10. The summed E-state index contributed by atoms with van der Waals surface area (Å²) in [5.74, 6) is -1.45. The maximum Gasteiger partial charge on any atom is 0.341 e. The Morgan fingerprint density at radius 3 is 2.12 bits per heavy atom. The highest BCUT2D eigenvalue weighted by atomic mass is 16.5. The van der Waals surface area contributed by atoms with E-state index in [-0.39, 0.29) is 30.1 Å². The number of carbonyl (C=O) groups excluding carboxylic acids is 3. The molecule has 0 amide bonds. The van der Waals surface area contributed by atoms with Crippen molar-refractivity contribution in [1.82, 2.24) is 0 Å². The molecule has 1 heterocycles. The number of methoxy groups -OCH3 is 1. The van der Waals surface area contributed by atoms with E-state index in [9.17, 15) is 14.4 Å². The summed E-state index contributed by atoms with van der Waals surface area (Å²) in [5, 5.41) is 0. The van der Waals surface area contributed by atoms with Gasteiger partial charge in [-0.3, -0.25) is 0 Å². The largest absolute Gasteiger partial charge is 0.465 e. The van der Waals surface area contributed by atoms with Crippen LogP contribution >= 0.6 is 0 Å². The summed E-state index contributed by atoms with van der Waals surface area (Å²) in [7, 11) is 1.27. The van der Waals surface area contributed by atoms with Crippen LogP contribution in [0.5, 0.6) is 0 Å². The van der Waals surface area contributed by atoms with Gasteiger partial charge in [-0.05, 0) is 37.3 Å². The van der Waals surface area contributed by atoms with Crippen LogP contribution in [0.4, 0.5) is 0 Å². The van der Waals surface area contributed by atoms with Gasteiger partial charge in [-0.15, -0.1) is 0 Å². The fourth-order valence-corrected chi connectivity index (χ4v) is 1.92. The standard InChI is InChI=1S/C17H16O7/c1-3-22-17(20)13-8-9-23-14(13)10-24-16(19)12-6-4-11(5-7-12)15(18)21-2/h4-9H,3,10H2,1-2H3. The lowest BCUT2D eigenvalue weighted by atomic mass is 10.1. The molecule has 0 N–H and O–H groups in total. The molecular formula is C17H16O7. The second-order valence-electron chi connectivity index (χ2n) is 4.62. The second kappa shape index (κ2) is 7.96. The summed E-state index contributed by atoms with van der Waals surface area (Å²) in [6.45, 7) is 1.71. The highest BCUT2D eigenvalue weighted by molar-refractivity contribution is 5.93. The number of rotatable bonds is 6. The molecule has 0 atom stereocenters. The van der Waals surface area contributed by atoms with E-state index in [4.69, 9.17) is 13.9 Å². The average Bonchev–Trinajstić information content (AvgIpc) is 3.08. The third kappa shape index (κ3) is 4.01. The Labute approximate surface area is 138 Å². The highest BCUT2D eigenvalue weighted by Gasteiger charge is 2.18. The zero-order chi connectivity index (χ0) is 17.5. The van der Waals surface area contributed by atoms with Crippen molar-refractivity contribution in [3.63, 3.8) is 0 Å². The maximum absolute atomic E-state index is 12.0. The van der Waals surface area contributed by atoms with Crippen LogP contribution in [0.3, 0.4) is 0 Å². The van der Waals surface area contributed by atoms with Gasteiger partial charge < -0.3 is 18.6 Å². The lowest BCUT2D eigenvalue weighted by molar-refractivity contribution is 0.0422. The Hall–Kier alpha value is -3.09. The van der Waals surface area contributed by atoms with E-state index in [1.165, 1.54) is 43.7 Å². The minimum absolute atomic E-state index is 0.202. The minimum atomic E-state index is -0.613. The van der Waals surface area contributed by atoms with Crippen molar-refractivity contribution < 1.29 is 33.0 Å². The Morgan fingerprint density at radius 1 is 0.917 bits per heavy atom. The fraction of sp³-hybridized carbons (Fsp3) is 0.235. The van der Waals surface area contributed by atoms with Crippen LogP contribution in [-0.2, 0) is 20.8 Å². The lowest BCUT2D eigenvalue weighted by Gasteiger charge is -2.06. The molecule has 2 rings (SSSR count). The number of benzene rings is 1. The molecule has 7 heteroatoms. The van der Waals surface area contributed by atoms with Gasteiger partial charge in [0.05, 0.1) is 31.1 Å². The van der Waals surface area contributed by atoms with Crippen molar-refractivity contribution in [2.45, 2.75) is 13.5 Å². The third-order valence-corrected chi connectivity index (χ3v) is 3.12. The molecule has 0 fully saturated rings. The van der Waals surface area contributed by atoms with E-state index >= 15 is 0 Å². The van der Waals surface area contributed by atoms with Gasteiger partial charge in [0.25, 0.3) is 0 Å². The zero-order valence-electron chi connectivity index (χ0n) is 13.2.